The molecule has 1 N–H and O–H groups in total. The third kappa shape index (κ3) is 5.23. The summed E-state index contributed by atoms with van der Waals surface area (Å²) in [6.07, 6.45) is 5.73. The average molecular weight is 587 g/mol. The molecular formula is C33H30N8O3. The molecular weight excluding hydrogens is 556 g/mol. The number of amides is 1. The fourth-order valence-electron chi connectivity index (χ4n) is 5.26. The molecule has 1 amide bonds. The number of nitrogens with one attached hydrogen (secondary N) is 1. The van der Waals surface area contributed by atoms with E-state index in [0.717, 1.165) is 11.3 Å². The molecule has 1 unspecified atom stereocenters. The number of hydrogen-bond donors (Lipinski definition) is 1. The van der Waals surface area contributed by atoms with Gasteiger partial charge in [-0.1, -0.05) is 36.1 Å². The molecule has 0 saturated carbocycles. The van der Waals surface area contributed by atoms with Crippen LogP contribution >= 0.6 is 0 Å². The Kier molecular flexibility index (Phi) is 7.74. The highest BCUT2D eigenvalue weighted by Crippen LogP contribution is 2.22. The fourth-order valence-corrected chi connectivity index (χ4v) is 5.26. The van der Waals surface area contributed by atoms with Crippen LogP contribution in [0.3, 0.4) is 0 Å². The minimum atomic E-state index is -0.647. The van der Waals surface area contributed by atoms with Crippen LogP contribution in [-0.2, 0) is 18.2 Å². The SMILES string of the molecule is COCCc1c(C#Cc2cccc3nc(C(C)NC(=O)c4c(C)nn5cccnc45)n(-c4ccccc4)c(=O)c23)cnn1C. The van der Waals surface area contributed by atoms with Gasteiger partial charge >= 0.3 is 0 Å². The van der Waals surface area contributed by atoms with Crippen molar-refractivity contribution >= 4 is 22.5 Å². The smallest absolute Gasteiger partial charge is 0.267 e. The normalized spacial score (nSPS) is 11.8. The van der Waals surface area contributed by atoms with E-state index in [2.05, 4.69) is 32.3 Å². The van der Waals surface area contributed by atoms with Crippen molar-refractivity contribution in [1.82, 2.24) is 39.2 Å². The van der Waals surface area contributed by atoms with Gasteiger partial charge in [-0.3, -0.25) is 18.8 Å². The molecule has 1 atom stereocenters. The molecule has 6 rings (SSSR count). The third-order valence-electron chi connectivity index (χ3n) is 7.41. The van der Waals surface area contributed by atoms with E-state index >= 15 is 0 Å². The summed E-state index contributed by atoms with van der Waals surface area (Å²) in [6.45, 7) is 4.10. The van der Waals surface area contributed by atoms with Crippen LogP contribution < -0.4 is 10.9 Å². The highest BCUT2D eigenvalue weighted by atomic mass is 16.5. The van der Waals surface area contributed by atoms with Crippen molar-refractivity contribution in [3.05, 3.63) is 117 Å². The Morgan fingerprint density at radius 2 is 1.86 bits per heavy atom. The number of carbonyl (C=O) groups excluding carboxylic acids is 1. The summed E-state index contributed by atoms with van der Waals surface area (Å²) in [6, 6.07) is 15.8. The molecule has 0 aliphatic rings. The second-order valence-electron chi connectivity index (χ2n) is 10.3. The quantitative estimate of drug-likeness (QED) is 0.284. The number of aromatic nitrogens is 7. The van der Waals surface area contributed by atoms with Gasteiger partial charge in [0.05, 0.1) is 52.4 Å². The van der Waals surface area contributed by atoms with Crippen molar-refractivity contribution in [3.63, 3.8) is 0 Å². The summed E-state index contributed by atoms with van der Waals surface area (Å²) >= 11 is 0. The van der Waals surface area contributed by atoms with Crippen LogP contribution in [0.2, 0.25) is 0 Å². The summed E-state index contributed by atoms with van der Waals surface area (Å²) < 4.78 is 10.1. The van der Waals surface area contributed by atoms with Crippen LogP contribution in [0.15, 0.2) is 78.0 Å². The lowest BCUT2D eigenvalue weighted by molar-refractivity contribution is 0.0938. The van der Waals surface area contributed by atoms with E-state index in [1.807, 2.05) is 49.5 Å². The van der Waals surface area contributed by atoms with Crippen LogP contribution in [0, 0.1) is 18.8 Å². The number of fused-ring (bicyclic) bond motifs is 2. The maximum absolute atomic E-state index is 14.3. The Labute approximate surface area is 253 Å². The molecule has 0 aliphatic heterocycles. The number of ether oxygens (including phenoxy) is 1. The van der Waals surface area contributed by atoms with E-state index in [-0.39, 0.29) is 11.5 Å². The third-order valence-corrected chi connectivity index (χ3v) is 7.41. The molecule has 0 fully saturated rings. The van der Waals surface area contributed by atoms with Gasteiger partial charge in [0.1, 0.15) is 11.4 Å². The van der Waals surface area contributed by atoms with Crippen molar-refractivity contribution in [2.75, 3.05) is 13.7 Å². The molecule has 11 heteroatoms. The Morgan fingerprint density at radius 1 is 1.07 bits per heavy atom. The topological polar surface area (TPSA) is 121 Å². The van der Waals surface area contributed by atoms with Crippen LogP contribution in [-0.4, -0.2) is 53.6 Å². The van der Waals surface area contributed by atoms with Gasteiger partial charge in [-0.25, -0.2) is 14.5 Å². The lowest BCUT2D eigenvalue weighted by atomic mass is 10.1. The number of para-hydroxylation sites is 1. The number of aryl methyl sites for hydroxylation is 2. The number of nitrogens with zero attached hydrogens (tertiary/aromatic N) is 7. The van der Waals surface area contributed by atoms with E-state index in [9.17, 15) is 9.59 Å². The highest BCUT2D eigenvalue weighted by molar-refractivity contribution is 6.01. The van der Waals surface area contributed by atoms with Gasteiger partial charge in [-0.05, 0) is 44.2 Å². The lowest BCUT2D eigenvalue weighted by Gasteiger charge is -2.20. The van der Waals surface area contributed by atoms with Gasteiger partial charge in [0, 0.05) is 38.5 Å². The van der Waals surface area contributed by atoms with Crippen molar-refractivity contribution in [1.29, 1.82) is 0 Å². The number of carbonyl (C=O) groups is 1. The Balaban J connectivity index is 1.45. The van der Waals surface area contributed by atoms with Gasteiger partial charge < -0.3 is 10.1 Å². The summed E-state index contributed by atoms with van der Waals surface area (Å²) in [5, 5.41) is 12.2. The lowest BCUT2D eigenvalue weighted by Crippen LogP contribution is -2.33. The van der Waals surface area contributed by atoms with Crippen LogP contribution in [0.4, 0.5) is 0 Å². The summed E-state index contributed by atoms with van der Waals surface area (Å²) in [5.74, 6) is 6.41. The van der Waals surface area contributed by atoms with Gasteiger partial charge in [0.15, 0.2) is 5.65 Å². The molecule has 11 nitrogen and oxygen atoms in total. The predicted molar refractivity (Wildman–Crippen MR) is 166 cm³/mol. The number of benzene rings is 2. The second kappa shape index (κ2) is 11.9. The summed E-state index contributed by atoms with van der Waals surface area (Å²) in [5.41, 5.74) is 4.42. The first kappa shape index (κ1) is 28.5. The van der Waals surface area contributed by atoms with E-state index in [0.29, 0.717) is 57.9 Å². The number of rotatable bonds is 7. The Bertz CT molecular complexity index is 2130. The molecule has 0 bridgehead atoms. The monoisotopic (exact) mass is 586 g/mol. The second-order valence-corrected chi connectivity index (χ2v) is 10.3. The van der Waals surface area contributed by atoms with Gasteiger partial charge in [0.2, 0.25) is 0 Å². The largest absolute Gasteiger partial charge is 0.384 e. The number of hydrogen-bond acceptors (Lipinski definition) is 7. The van der Waals surface area contributed by atoms with Gasteiger partial charge in [0.25, 0.3) is 11.5 Å². The Hall–Kier alpha value is -5.60. The first-order chi connectivity index (χ1) is 21.4. The number of methoxy groups -OCH3 is 1. The molecule has 0 aliphatic carbocycles. The molecule has 4 aromatic heterocycles. The molecule has 0 radical (unpaired) electrons. The van der Waals surface area contributed by atoms with Crippen molar-refractivity contribution in [2.24, 2.45) is 7.05 Å². The summed E-state index contributed by atoms with van der Waals surface area (Å²) in [7, 11) is 3.52. The van der Waals surface area contributed by atoms with Crippen LogP contribution in [0.5, 0.6) is 0 Å². The molecule has 0 spiro atoms. The molecule has 0 saturated heterocycles. The van der Waals surface area contributed by atoms with Crippen LogP contribution in [0.1, 0.15) is 51.7 Å². The van der Waals surface area contributed by atoms with E-state index in [1.54, 1.807) is 60.9 Å². The minimum Gasteiger partial charge on any atom is -0.384 e. The van der Waals surface area contributed by atoms with Crippen molar-refractivity contribution < 1.29 is 9.53 Å². The Morgan fingerprint density at radius 3 is 2.66 bits per heavy atom. The summed E-state index contributed by atoms with van der Waals surface area (Å²) in [4.78, 5) is 37.1. The zero-order chi connectivity index (χ0) is 30.8. The van der Waals surface area contributed by atoms with Gasteiger partial charge in [-0.2, -0.15) is 10.2 Å². The highest BCUT2D eigenvalue weighted by Gasteiger charge is 2.24. The fraction of sp³-hybridized carbons (Fsp3) is 0.212. The van der Waals surface area contributed by atoms with Crippen molar-refractivity contribution in [3.8, 4) is 17.5 Å². The molecule has 6 aromatic rings. The first-order valence-electron chi connectivity index (χ1n) is 14.1. The maximum Gasteiger partial charge on any atom is 0.267 e. The van der Waals surface area contributed by atoms with E-state index in [1.165, 1.54) is 4.57 Å². The minimum absolute atomic E-state index is 0.290. The van der Waals surface area contributed by atoms with E-state index in [4.69, 9.17) is 9.72 Å². The van der Waals surface area contributed by atoms with Gasteiger partial charge in [-0.15, -0.1) is 0 Å². The maximum atomic E-state index is 14.3. The van der Waals surface area contributed by atoms with Crippen molar-refractivity contribution in [2.45, 2.75) is 26.3 Å². The standard InChI is InChI=1S/C33H30N8O3/c1-21-28(31-34-17-9-18-40(31)38-21)32(42)36-22(2)30-37-26-13-8-10-23(14-15-24-20-35-39(3)27(24)16-19-44-4)29(26)33(43)41(30)25-11-6-5-7-12-25/h5-13,17-18,20,22H,16,19H2,1-4H3,(H,36,42). The van der Waals surface area contributed by atoms with E-state index < -0.39 is 6.04 Å². The zero-order valence-electron chi connectivity index (χ0n) is 24.8. The molecule has 44 heavy (non-hydrogen) atoms. The molecule has 2 aromatic carbocycles. The first-order valence-corrected chi connectivity index (χ1v) is 14.1. The molecule has 4 heterocycles. The zero-order valence-corrected chi connectivity index (χ0v) is 24.8. The predicted octanol–water partition coefficient (Wildman–Crippen LogP) is 3.55. The van der Waals surface area contributed by atoms with Crippen LogP contribution in [0.25, 0.3) is 22.2 Å². The molecule has 220 valence electrons. The average Bonchev–Trinajstić information content (AvgIpc) is 3.56.